The molecule has 1 rings (SSSR count). The van der Waals surface area contributed by atoms with Crippen molar-refractivity contribution in [3.05, 3.63) is 6.73 Å². The minimum atomic E-state index is -0.847. The number of carbonyl (C=O) groups is 2. The van der Waals surface area contributed by atoms with E-state index in [1.54, 1.807) is 0 Å². The third-order valence-electron chi connectivity index (χ3n) is 0.541. The van der Waals surface area contributed by atoms with Crippen LogP contribution in [0.2, 0.25) is 0 Å². The second-order valence-electron chi connectivity index (χ2n) is 0.997. The SMILES string of the molecule is O=C1N[CH]OC1=O. The van der Waals surface area contributed by atoms with E-state index in [1.165, 1.54) is 0 Å². The molecule has 1 saturated heterocycles. The Morgan fingerprint density at radius 1 is 1.57 bits per heavy atom. The first-order valence-electron chi connectivity index (χ1n) is 1.64. The average molecular weight is 100 g/mol. The predicted molar refractivity (Wildman–Crippen MR) is 18.5 cm³/mol. The lowest BCUT2D eigenvalue weighted by Gasteiger charge is -1.75. The Morgan fingerprint density at radius 2 is 2.29 bits per heavy atom. The summed E-state index contributed by atoms with van der Waals surface area (Å²) in [4.78, 5) is 19.9. The topological polar surface area (TPSA) is 55.4 Å². The third kappa shape index (κ3) is 0.534. The zero-order valence-electron chi connectivity index (χ0n) is 3.30. The van der Waals surface area contributed by atoms with Crippen LogP contribution in [0.25, 0.3) is 0 Å². The van der Waals surface area contributed by atoms with E-state index in [2.05, 4.69) is 4.74 Å². The van der Waals surface area contributed by atoms with E-state index in [1.807, 2.05) is 5.32 Å². The number of rotatable bonds is 0. The minimum absolute atomic E-state index is 0.708. The van der Waals surface area contributed by atoms with Gasteiger partial charge in [0.05, 0.1) is 0 Å². The fourth-order valence-corrected chi connectivity index (χ4v) is 0.249. The first-order valence-corrected chi connectivity index (χ1v) is 1.64. The van der Waals surface area contributed by atoms with Gasteiger partial charge < -0.3 is 10.1 Å². The van der Waals surface area contributed by atoms with Crippen LogP contribution in [0.15, 0.2) is 0 Å². The lowest BCUT2D eigenvalue weighted by atomic mass is 10.7. The van der Waals surface area contributed by atoms with Crippen LogP contribution in [0.5, 0.6) is 0 Å². The molecule has 4 heteroatoms. The lowest BCUT2D eigenvalue weighted by molar-refractivity contribution is -0.146. The Morgan fingerprint density at radius 3 is 2.43 bits per heavy atom. The molecule has 7 heavy (non-hydrogen) atoms. The Balaban J connectivity index is 2.65. The Bertz CT molecular complexity index is 105. The quantitative estimate of drug-likeness (QED) is 0.306. The molecule has 1 heterocycles. The zero-order valence-corrected chi connectivity index (χ0v) is 3.30. The maximum Gasteiger partial charge on any atom is 0.399 e. The van der Waals surface area contributed by atoms with Gasteiger partial charge in [-0.3, -0.25) is 4.79 Å². The molecule has 0 atom stereocenters. The van der Waals surface area contributed by atoms with Gasteiger partial charge in [0.15, 0.2) is 0 Å². The molecule has 37 valence electrons. The third-order valence-corrected chi connectivity index (χ3v) is 0.541. The van der Waals surface area contributed by atoms with Gasteiger partial charge in [-0.25, -0.2) is 4.79 Å². The van der Waals surface area contributed by atoms with Gasteiger partial charge in [-0.15, -0.1) is 0 Å². The molecule has 1 N–H and O–H groups in total. The first kappa shape index (κ1) is 4.11. The summed E-state index contributed by atoms with van der Waals surface area (Å²) < 4.78 is 4.04. The normalized spacial score (nSPS) is 18.9. The zero-order chi connectivity index (χ0) is 5.28. The molecule has 0 bridgehead atoms. The monoisotopic (exact) mass is 100 g/mol. The maximum atomic E-state index is 9.96. The van der Waals surface area contributed by atoms with Gasteiger partial charge in [0, 0.05) is 0 Å². The molecule has 0 aromatic heterocycles. The second-order valence-corrected chi connectivity index (χ2v) is 0.997. The fourth-order valence-electron chi connectivity index (χ4n) is 0.249. The maximum absolute atomic E-state index is 9.96. The number of nitrogens with one attached hydrogen (secondary N) is 1. The van der Waals surface area contributed by atoms with E-state index in [0.717, 1.165) is 6.73 Å². The molecule has 1 radical (unpaired) electrons. The van der Waals surface area contributed by atoms with E-state index in [9.17, 15) is 9.59 Å². The van der Waals surface area contributed by atoms with E-state index >= 15 is 0 Å². The van der Waals surface area contributed by atoms with Crippen LogP contribution in [0.4, 0.5) is 0 Å². The van der Waals surface area contributed by atoms with Crippen LogP contribution in [0.1, 0.15) is 0 Å². The predicted octanol–water partition coefficient (Wildman–Crippen LogP) is -1.22. The summed E-state index contributed by atoms with van der Waals surface area (Å²) in [7, 11) is 0. The molecular weight excluding hydrogens is 98.0 g/mol. The molecule has 1 aliphatic rings. The summed E-state index contributed by atoms with van der Waals surface area (Å²) >= 11 is 0. The summed E-state index contributed by atoms with van der Waals surface area (Å²) in [6.07, 6.45) is 0. The molecule has 1 fully saturated rings. The molecule has 0 aromatic carbocycles. The van der Waals surface area contributed by atoms with E-state index in [-0.39, 0.29) is 0 Å². The molecule has 4 nitrogen and oxygen atoms in total. The van der Waals surface area contributed by atoms with Crippen molar-refractivity contribution >= 4 is 11.9 Å². The summed E-state index contributed by atoms with van der Waals surface area (Å²) in [6.45, 7) is 0.949. The highest BCUT2D eigenvalue weighted by atomic mass is 16.6. The van der Waals surface area contributed by atoms with Crippen molar-refractivity contribution in [3.63, 3.8) is 0 Å². The lowest BCUT2D eigenvalue weighted by Crippen LogP contribution is -2.16. The van der Waals surface area contributed by atoms with Gasteiger partial charge >= 0.3 is 11.9 Å². The molecule has 0 saturated carbocycles. The number of hydrogen-bond donors (Lipinski definition) is 1. The minimum Gasteiger partial charge on any atom is -0.428 e. The largest absolute Gasteiger partial charge is 0.428 e. The van der Waals surface area contributed by atoms with Gasteiger partial charge in [0.25, 0.3) is 0 Å². The van der Waals surface area contributed by atoms with Crippen molar-refractivity contribution in [2.45, 2.75) is 0 Å². The summed E-state index contributed by atoms with van der Waals surface area (Å²) in [5, 5.41) is 2.03. The molecule has 0 spiro atoms. The number of amides is 1. The van der Waals surface area contributed by atoms with Crippen LogP contribution >= 0.6 is 0 Å². The standard InChI is InChI=1S/C3H2NO3/c5-2-3(6)7-1-4-2/h1H,(H,4,5). The fraction of sp³-hybridized carbons (Fsp3) is 0. The van der Waals surface area contributed by atoms with Crippen LogP contribution < -0.4 is 5.32 Å². The van der Waals surface area contributed by atoms with E-state index < -0.39 is 11.9 Å². The van der Waals surface area contributed by atoms with Crippen LogP contribution in [-0.2, 0) is 14.3 Å². The summed E-state index contributed by atoms with van der Waals surface area (Å²) in [6, 6.07) is 0. The number of esters is 1. The van der Waals surface area contributed by atoms with Crippen molar-refractivity contribution in [1.82, 2.24) is 5.32 Å². The smallest absolute Gasteiger partial charge is 0.399 e. The van der Waals surface area contributed by atoms with Crippen LogP contribution in [-0.4, -0.2) is 11.9 Å². The molecule has 0 aromatic rings. The van der Waals surface area contributed by atoms with Crippen molar-refractivity contribution in [1.29, 1.82) is 0 Å². The number of hydrogen-bond acceptors (Lipinski definition) is 3. The molecule has 0 aliphatic carbocycles. The highest BCUT2D eigenvalue weighted by Gasteiger charge is 2.21. The van der Waals surface area contributed by atoms with Crippen molar-refractivity contribution < 1.29 is 14.3 Å². The number of ether oxygens (including phenoxy) is 1. The molecule has 0 unspecified atom stereocenters. The van der Waals surface area contributed by atoms with Gasteiger partial charge in [-0.1, -0.05) is 0 Å². The molecule has 1 amide bonds. The van der Waals surface area contributed by atoms with Crippen LogP contribution in [0, 0.1) is 6.73 Å². The number of cyclic esters (lactones) is 1. The molecular formula is C3H2NO3. The highest BCUT2D eigenvalue weighted by Crippen LogP contribution is 1.88. The van der Waals surface area contributed by atoms with Crippen molar-refractivity contribution in [3.8, 4) is 0 Å². The summed E-state index contributed by atoms with van der Waals surface area (Å²) in [5.74, 6) is -1.56. The Kier molecular flexibility index (Phi) is 0.714. The van der Waals surface area contributed by atoms with Crippen molar-refractivity contribution in [2.75, 3.05) is 0 Å². The first-order chi connectivity index (χ1) is 3.30. The van der Waals surface area contributed by atoms with Gasteiger partial charge in [0.2, 0.25) is 6.73 Å². The van der Waals surface area contributed by atoms with E-state index in [0.29, 0.717) is 0 Å². The summed E-state index contributed by atoms with van der Waals surface area (Å²) in [5.41, 5.74) is 0. The van der Waals surface area contributed by atoms with Crippen molar-refractivity contribution in [2.24, 2.45) is 0 Å². The van der Waals surface area contributed by atoms with E-state index in [4.69, 9.17) is 0 Å². The van der Waals surface area contributed by atoms with Gasteiger partial charge in [0.1, 0.15) is 0 Å². The number of carbonyl (C=O) groups excluding carboxylic acids is 2. The Labute approximate surface area is 39.4 Å². The molecule has 1 aliphatic heterocycles. The Hall–Kier alpha value is -1.06. The average Bonchev–Trinajstić information content (AvgIpc) is 1.91. The highest BCUT2D eigenvalue weighted by molar-refractivity contribution is 6.34. The van der Waals surface area contributed by atoms with Crippen LogP contribution in [0.3, 0.4) is 0 Å². The second kappa shape index (κ2) is 1.22. The van der Waals surface area contributed by atoms with Gasteiger partial charge in [-0.05, 0) is 0 Å². The van der Waals surface area contributed by atoms with Gasteiger partial charge in [-0.2, -0.15) is 0 Å².